The van der Waals surface area contributed by atoms with Gasteiger partial charge in [0.15, 0.2) is 0 Å². The van der Waals surface area contributed by atoms with E-state index in [1.807, 2.05) is 30.3 Å². The zero-order valence-corrected chi connectivity index (χ0v) is 12.9. The highest BCUT2D eigenvalue weighted by Crippen LogP contribution is 2.23. The molecule has 0 spiro atoms. The smallest absolute Gasteiger partial charge is 0.119 e. The van der Waals surface area contributed by atoms with Crippen molar-refractivity contribution in [2.45, 2.75) is 27.2 Å². The molecule has 0 bridgehead atoms. The molecule has 0 radical (unpaired) electrons. The summed E-state index contributed by atoms with van der Waals surface area (Å²) in [5.41, 5.74) is 1.20. The van der Waals surface area contributed by atoms with Crippen molar-refractivity contribution in [3.8, 4) is 17.6 Å². The molecule has 0 heterocycles. The summed E-state index contributed by atoms with van der Waals surface area (Å²) in [5.74, 6) is 6.49. The third-order valence-corrected chi connectivity index (χ3v) is 3.24. The van der Waals surface area contributed by atoms with Crippen LogP contribution in [0.3, 0.4) is 0 Å². The second-order valence-corrected chi connectivity index (χ2v) is 6.34. The first-order valence-corrected chi connectivity index (χ1v) is 7.24. The van der Waals surface area contributed by atoms with E-state index in [9.17, 15) is 0 Å². The van der Waals surface area contributed by atoms with Crippen LogP contribution in [-0.2, 0) is 0 Å². The van der Waals surface area contributed by atoms with E-state index < -0.39 is 0 Å². The first-order valence-electron chi connectivity index (χ1n) is 7.24. The van der Waals surface area contributed by atoms with Crippen molar-refractivity contribution in [2.75, 3.05) is 13.2 Å². The van der Waals surface area contributed by atoms with Crippen LogP contribution in [0.5, 0.6) is 5.75 Å². The minimum atomic E-state index is -0.113. The van der Waals surface area contributed by atoms with E-state index >= 15 is 0 Å². The van der Waals surface area contributed by atoms with Crippen LogP contribution in [0.1, 0.15) is 32.8 Å². The summed E-state index contributed by atoms with van der Waals surface area (Å²) in [5, 5.41) is 11.0. The highest BCUT2D eigenvalue weighted by atomic mass is 16.5. The van der Waals surface area contributed by atoms with Crippen molar-refractivity contribution >= 4 is 10.8 Å². The first-order chi connectivity index (χ1) is 9.98. The Balaban J connectivity index is 2.11. The highest BCUT2D eigenvalue weighted by Gasteiger charge is 2.09. The summed E-state index contributed by atoms with van der Waals surface area (Å²) in [4.78, 5) is 0. The Morgan fingerprint density at radius 3 is 2.48 bits per heavy atom. The monoisotopic (exact) mass is 282 g/mol. The lowest BCUT2D eigenvalue weighted by atomic mass is 9.93. The van der Waals surface area contributed by atoms with Crippen LogP contribution in [0, 0.1) is 17.3 Å². The molecular weight excluding hydrogens is 260 g/mol. The van der Waals surface area contributed by atoms with Gasteiger partial charge in [-0.1, -0.05) is 44.7 Å². The lowest BCUT2D eigenvalue weighted by molar-refractivity contribution is 0.243. The van der Waals surface area contributed by atoms with E-state index in [1.54, 1.807) is 0 Å². The normalized spacial score (nSPS) is 11.0. The van der Waals surface area contributed by atoms with Crippen molar-refractivity contribution in [3.05, 3.63) is 42.0 Å². The van der Waals surface area contributed by atoms with E-state index in [0.717, 1.165) is 35.1 Å². The molecular formula is C19H22O2. The minimum Gasteiger partial charge on any atom is -0.494 e. The molecule has 2 aromatic rings. The van der Waals surface area contributed by atoms with Crippen molar-refractivity contribution in [1.82, 2.24) is 0 Å². The van der Waals surface area contributed by atoms with Gasteiger partial charge in [-0.2, -0.15) is 0 Å². The topological polar surface area (TPSA) is 29.5 Å². The molecule has 0 aromatic heterocycles. The molecule has 0 atom stereocenters. The van der Waals surface area contributed by atoms with E-state index in [4.69, 9.17) is 9.84 Å². The number of benzene rings is 2. The third-order valence-electron chi connectivity index (χ3n) is 3.24. The van der Waals surface area contributed by atoms with Gasteiger partial charge in [-0.3, -0.25) is 0 Å². The Hall–Kier alpha value is -1.98. The molecule has 0 fully saturated rings. The fraction of sp³-hybridized carbons (Fsp3) is 0.368. The Labute approximate surface area is 126 Å². The SMILES string of the molecule is CC(C)(C)CCOc1ccc2cc(C#CCO)ccc2c1. The van der Waals surface area contributed by atoms with Crippen LogP contribution in [-0.4, -0.2) is 18.3 Å². The Kier molecular flexibility index (Phi) is 4.88. The van der Waals surface area contributed by atoms with Gasteiger partial charge in [0.2, 0.25) is 0 Å². The third kappa shape index (κ3) is 4.81. The quantitative estimate of drug-likeness (QED) is 0.862. The Morgan fingerprint density at radius 1 is 1.05 bits per heavy atom. The number of aliphatic hydroxyl groups is 1. The predicted molar refractivity (Wildman–Crippen MR) is 87.5 cm³/mol. The average Bonchev–Trinajstić information content (AvgIpc) is 2.43. The zero-order chi connectivity index (χ0) is 15.3. The molecule has 110 valence electrons. The molecule has 0 saturated heterocycles. The van der Waals surface area contributed by atoms with Gasteiger partial charge in [0.05, 0.1) is 6.61 Å². The van der Waals surface area contributed by atoms with Gasteiger partial charge in [0.25, 0.3) is 0 Å². The fourth-order valence-corrected chi connectivity index (χ4v) is 2.01. The maximum atomic E-state index is 8.73. The molecule has 0 aliphatic rings. The molecule has 21 heavy (non-hydrogen) atoms. The van der Waals surface area contributed by atoms with Crippen LogP contribution >= 0.6 is 0 Å². The van der Waals surface area contributed by atoms with Crippen LogP contribution in [0.4, 0.5) is 0 Å². The van der Waals surface area contributed by atoms with Gasteiger partial charge in [-0.25, -0.2) is 0 Å². The molecule has 2 rings (SSSR count). The fourth-order valence-electron chi connectivity index (χ4n) is 2.01. The average molecular weight is 282 g/mol. The lowest BCUT2D eigenvalue weighted by Gasteiger charge is -2.18. The summed E-state index contributed by atoms with van der Waals surface area (Å²) < 4.78 is 5.82. The van der Waals surface area contributed by atoms with Crippen molar-refractivity contribution in [1.29, 1.82) is 0 Å². The van der Waals surface area contributed by atoms with Crippen LogP contribution in [0.25, 0.3) is 10.8 Å². The number of hydrogen-bond acceptors (Lipinski definition) is 2. The van der Waals surface area contributed by atoms with E-state index in [0.29, 0.717) is 0 Å². The van der Waals surface area contributed by atoms with Crippen LogP contribution in [0.15, 0.2) is 36.4 Å². The summed E-state index contributed by atoms with van der Waals surface area (Å²) in [7, 11) is 0. The van der Waals surface area contributed by atoms with Crippen LogP contribution in [0.2, 0.25) is 0 Å². The van der Waals surface area contributed by atoms with Crippen molar-refractivity contribution in [2.24, 2.45) is 5.41 Å². The summed E-state index contributed by atoms with van der Waals surface area (Å²) in [6.45, 7) is 7.26. The van der Waals surface area contributed by atoms with Gasteiger partial charge in [-0.15, -0.1) is 0 Å². The standard InChI is InChI=1S/C19H22O2/c1-19(2,3)10-12-21-18-9-8-16-13-15(5-4-11-20)6-7-17(16)14-18/h6-9,13-14,20H,10-12H2,1-3H3. The van der Waals surface area contributed by atoms with E-state index in [-0.39, 0.29) is 12.0 Å². The Morgan fingerprint density at radius 2 is 1.76 bits per heavy atom. The molecule has 0 unspecified atom stereocenters. The van der Waals surface area contributed by atoms with Gasteiger partial charge in [0.1, 0.15) is 12.4 Å². The summed E-state index contributed by atoms with van der Waals surface area (Å²) in [6, 6.07) is 12.1. The number of ether oxygens (including phenoxy) is 1. The van der Waals surface area contributed by atoms with Gasteiger partial charge >= 0.3 is 0 Å². The first kappa shape index (κ1) is 15.4. The molecule has 2 aromatic carbocycles. The molecule has 2 heteroatoms. The number of hydrogen-bond donors (Lipinski definition) is 1. The van der Waals surface area contributed by atoms with E-state index in [1.165, 1.54) is 0 Å². The second kappa shape index (κ2) is 6.65. The lowest BCUT2D eigenvalue weighted by Crippen LogP contribution is -2.11. The van der Waals surface area contributed by atoms with Crippen molar-refractivity contribution < 1.29 is 9.84 Å². The maximum Gasteiger partial charge on any atom is 0.119 e. The highest BCUT2D eigenvalue weighted by molar-refractivity contribution is 5.85. The van der Waals surface area contributed by atoms with Gasteiger partial charge < -0.3 is 9.84 Å². The zero-order valence-electron chi connectivity index (χ0n) is 12.9. The summed E-state index contributed by atoms with van der Waals surface area (Å²) in [6.07, 6.45) is 1.03. The molecule has 0 amide bonds. The molecule has 0 saturated carbocycles. The number of aliphatic hydroxyl groups excluding tert-OH is 1. The van der Waals surface area contributed by atoms with Crippen LogP contribution < -0.4 is 4.74 Å². The number of rotatable bonds is 3. The van der Waals surface area contributed by atoms with Gasteiger partial charge in [-0.05, 0) is 46.9 Å². The van der Waals surface area contributed by atoms with E-state index in [2.05, 4.69) is 38.7 Å². The minimum absolute atomic E-state index is 0.113. The predicted octanol–water partition coefficient (Wildman–Crippen LogP) is 4.00. The molecule has 0 aliphatic heterocycles. The number of fused-ring (bicyclic) bond motifs is 1. The molecule has 2 nitrogen and oxygen atoms in total. The second-order valence-electron chi connectivity index (χ2n) is 6.34. The summed E-state index contributed by atoms with van der Waals surface area (Å²) >= 11 is 0. The molecule has 0 aliphatic carbocycles. The Bertz CT molecular complexity index is 669. The molecule has 1 N–H and O–H groups in total. The van der Waals surface area contributed by atoms with Gasteiger partial charge in [0, 0.05) is 5.56 Å². The largest absolute Gasteiger partial charge is 0.494 e. The maximum absolute atomic E-state index is 8.73. The van der Waals surface area contributed by atoms with Crippen molar-refractivity contribution in [3.63, 3.8) is 0 Å².